The molecular formula is C13H21NO3. The van der Waals surface area contributed by atoms with E-state index in [0.29, 0.717) is 26.2 Å². The molecule has 1 atom stereocenters. The van der Waals surface area contributed by atoms with Crippen molar-refractivity contribution in [2.24, 2.45) is 0 Å². The van der Waals surface area contributed by atoms with E-state index in [1.54, 1.807) is 7.11 Å². The average Bonchev–Trinajstić information content (AvgIpc) is 2.36. The van der Waals surface area contributed by atoms with Crippen LogP contribution in [0.4, 0.5) is 0 Å². The maximum absolute atomic E-state index is 9.72. The van der Waals surface area contributed by atoms with Crippen LogP contribution in [0.5, 0.6) is 0 Å². The Kier molecular flexibility index (Phi) is 6.77. The van der Waals surface area contributed by atoms with Gasteiger partial charge in [-0.15, -0.1) is 0 Å². The lowest BCUT2D eigenvalue weighted by Crippen LogP contribution is -2.20. The van der Waals surface area contributed by atoms with Gasteiger partial charge in [0.2, 0.25) is 0 Å². The van der Waals surface area contributed by atoms with Crippen LogP contribution < -0.4 is 0 Å². The van der Waals surface area contributed by atoms with Crippen molar-refractivity contribution < 1.29 is 14.6 Å². The van der Waals surface area contributed by atoms with Gasteiger partial charge in [-0.25, -0.2) is 0 Å². The first-order chi connectivity index (χ1) is 8.26. The van der Waals surface area contributed by atoms with Gasteiger partial charge in [-0.05, 0) is 18.1 Å². The van der Waals surface area contributed by atoms with Gasteiger partial charge in [0.1, 0.15) is 0 Å². The highest BCUT2D eigenvalue weighted by Crippen LogP contribution is 2.04. The maximum atomic E-state index is 9.72. The third kappa shape index (κ3) is 5.77. The molecule has 0 radical (unpaired) electrons. The second kappa shape index (κ2) is 8.17. The van der Waals surface area contributed by atoms with E-state index in [2.05, 4.69) is 11.9 Å². The highest BCUT2D eigenvalue weighted by molar-refractivity contribution is 5.14. The van der Waals surface area contributed by atoms with Crippen LogP contribution in [0.2, 0.25) is 0 Å². The minimum Gasteiger partial charge on any atom is -0.390 e. The molecule has 4 nitrogen and oxygen atoms in total. The number of methoxy groups -OCH3 is 1. The molecule has 17 heavy (non-hydrogen) atoms. The lowest BCUT2D eigenvalue weighted by molar-refractivity contribution is 0.0134. The zero-order valence-electron chi connectivity index (χ0n) is 10.6. The van der Waals surface area contributed by atoms with Crippen molar-refractivity contribution >= 4 is 0 Å². The van der Waals surface area contributed by atoms with Crippen molar-refractivity contribution in [2.75, 3.05) is 26.9 Å². The smallest absolute Gasteiger partial charge is 0.0828 e. The Bertz CT molecular complexity index is 300. The highest BCUT2D eigenvalue weighted by Gasteiger charge is 2.06. The van der Waals surface area contributed by atoms with Gasteiger partial charge in [0, 0.05) is 25.4 Å². The topological polar surface area (TPSA) is 51.6 Å². The van der Waals surface area contributed by atoms with Crippen molar-refractivity contribution in [1.29, 1.82) is 0 Å². The van der Waals surface area contributed by atoms with E-state index < -0.39 is 6.10 Å². The molecule has 1 unspecified atom stereocenters. The van der Waals surface area contributed by atoms with E-state index in [1.165, 1.54) is 5.56 Å². The number of rotatable bonds is 8. The van der Waals surface area contributed by atoms with Crippen molar-refractivity contribution in [3.63, 3.8) is 0 Å². The lowest BCUT2D eigenvalue weighted by atomic mass is 10.1. The van der Waals surface area contributed by atoms with Crippen LogP contribution in [0.15, 0.2) is 18.3 Å². The van der Waals surface area contributed by atoms with Crippen LogP contribution in [0.1, 0.15) is 18.2 Å². The fraction of sp³-hybridized carbons (Fsp3) is 0.615. The van der Waals surface area contributed by atoms with Gasteiger partial charge in [0.15, 0.2) is 0 Å². The standard InChI is InChI=1S/C13H21NO3/c1-3-11-4-5-12(14-9-11)8-13(15)10-17-7-6-16-2/h4-5,9,13,15H,3,6-8,10H2,1-2H3. The van der Waals surface area contributed by atoms with Crippen LogP contribution in [0, 0.1) is 0 Å². The Hall–Kier alpha value is -0.970. The molecule has 0 amide bonds. The second-order valence-corrected chi connectivity index (χ2v) is 3.94. The molecular weight excluding hydrogens is 218 g/mol. The summed E-state index contributed by atoms with van der Waals surface area (Å²) in [5.74, 6) is 0. The Morgan fingerprint density at radius 1 is 1.35 bits per heavy atom. The molecule has 0 aliphatic heterocycles. The molecule has 1 N–H and O–H groups in total. The van der Waals surface area contributed by atoms with E-state index in [4.69, 9.17) is 9.47 Å². The summed E-state index contributed by atoms with van der Waals surface area (Å²) in [6.45, 7) is 3.47. The minimum atomic E-state index is -0.508. The molecule has 96 valence electrons. The third-order valence-electron chi connectivity index (χ3n) is 2.48. The van der Waals surface area contributed by atoms with E-state index in [0.717, 1.165) is 12.1 Å². The molecule has 0 bridgehead atoms. The summed E-state index contributed by atoms with van der Waals surface area (Å²) in [6.07, 6.45) is 2.85. The normalized spacial score (nSPS) is 12.6. The van der Waals surface area contributed by atoms with E-state index in [1.807, 2.05) is 18.3 Å². The van der Waals surface area contributed by atoms with Crippen LogP contribution >= 0.6 is 0 Å². The molecule has 0 fully saturated rings. The monoisotopic (exact) mass is 239 g/mol. The van der Waals surface area contributed by atoms with Crippen LogP contribution in [-0.2, 0) is 22.3 Å². The van der Waals surface area contributed by atoms with Crippen LogP contribution in [-0.4, -0.2) is 43.1 Å². The largest absolute Gasteiger partial charge is 0.390 e. The number of pyridine rings is 1. The Morgan fingerprint density at radius 2 is 2.18 bits per heavy atom. The lowest BCUT2D eigenvalue weighted by Gasteiger charge is -2.10. The number of aliphatic hydroxyl groups is 1. The number of aliphatic hydroxyl groups excluding tert-OH is 1. The van der Waals surface area contributed by atoms with Crippen LogP contribution in [0.25, 0.3) is 0 Å². The van der Waals surface area contributed by atoms with E-state index >= 15 is 0 Å². The van der Waals surface area contributed by atoms with Crippen LogP contribution in [0.3, 0.4) is 0 Å². The Labute approximate surface area is 103 Å². The van der Waals surface area contributed by atoms with Crippen molar-refractivity contribution in [3.05, 3.63) is 29.6 Å². The first kappa shape index (κ1) is 14.1. The first-order valence-electron chi connectivity index (χ1n) is 5.94. The highest BCUT2D eigenvalue weighted by atomic mass is 16.5. The van der Waals surface area contributed by atoms with Gasteiger partial charge >= 0.3 is 0 Å². The summed E-state index contributed by atoms with van der Waals surface area (Å²) in [5, 5.41) is 9.72. The molecule has 1 aromatic heterocycles. The summed E-state index contributed by atoms with van der Waals surface area (Å²) in [7, 11) is 1.62. The predicted octanol–water partition coefficient (Wildman–Crippen LogP) is 1.21. The van der Waals surface area contributed by atoms with Gasteiger partial charge in [0.25, 0.3) is 0 Å². The summed E-state index contributed by atoms with van der Waals surface area (Å²) in [6, 6.07) is 4.00. The fourth-order valence-corrected chi connectivity index (χ4v) is 1.45. The Balaban J connectivity index is 2.26. The Morgan fingerprint density at radius 3 is 2.76 bits per heavy atom. The van der Waals surface area contributed by atoms with Gasteiger partial charge in [-0.3, -0.25) is 4.98 Å². The van der Waals surface area contributed by atoms with E-state index in [-0.39, 0.29) is 0 Å². The van der Waals surface area contributed by atoms with Gasteiger partial charge in [0.05, 0.1) is 25.9 Å². The molecule has 0 saturated heterocycles. The van der Waals surface area contributed by atoms with Crippen molar-refractivity contribution in [2.45, 2.75) is 25.9 Å². The minimum absolute atomic E-state index is 0.320. The van der Waals surface area contributed by atoms with E-state index in [9.17, 15) is 5.11 Å². The summed E-state index contributed by atoms with van der Waals surface area (Å²) in [5.41, 5.74) is 2.10. The van der Waals surface area contributed by atoms with Gasteiger partial charge < -0.3 is 14.6 Å². The molecule has 1 aromatic rings. The molecule has 0 aliphatic carbocycles. The second-order valence-electron chi connectivity index (χ2n) is 3.94. The number of ether oxygens (including phenoxy) is 2. The molecule has 0 aromatic carbocycles. The zero-order chi connectivity index (χ0) is 12.5. The molecule has 0 saturated carbocycles. The van der Waals surface area contributed by atoms with Crippen molar-refractivity contribution in [1.82, 2.24) is 4.98 Å². The van der Waals surface area contributed by atoms with Gasteiger partial charge in [-0.1, -0.05) is 13.0 Å². The molecule has 0 aliphatic rings. The molecule has 1 rings (SSSR count). The quantitative estimate of drug-likeness (QED) is 0.693. The predicted molar refractivity (Wildman–Crippen MR) is 66.0 cm³/mol. The molecule has 4 heteroatoms. The number of hydrogen-bond acceptors (Lipinski definition) is 4. The number of nitrogens with zero attached hydrogens (tertiary/aromatic N) is 1. The van der Waals surface area contributed by atoms with Gasteiger partial charge in [-0.2, -0.15) is 0 Å². The third-order valence-corrected chi connectivity index (χ3v) is 2.48. The maximum Gasteiger partial charge on any atom is 0.0828 e. The summed E-state index contributed by atoms with van der Waals surface area (Å²) in [4.78, 5) is 4.29. The first-order valence-corrected chi connectivity index (χ1v) is 5.94. The summed E-state index contributed by atoms with van der Waals surface area (Å²) < 4.78 is 10.1. The number of aryl methyl sites for hydroxylation is 1. The molecule has 0 spiro atoms. The average molecular weight is 239 g/mol. The SMILES string of the molecule is CCc1ccc(CC(O)COCCOC)nc1. The summed E-state index contributed by atoms with van der Waals surface area (Å²) >= 11 is 0. The number of hydrogen-bond donors (Lipinski definition) is 1. The van der Waals surface area contributed by atoms with Crippen molar-refractivity contribution in [3.8, 4) is 0 Å². The fourth-order valence-electron chi connectivity index (χ4n) is 1.45. The zero-order valence-corrected chi connectivity index (χ0v) is 10.6. The number of aromatic nitrogens is 1. The molecule has 1 heterocycles.